The van der Waals surface area contributed by atoms with Crippen molar-refractivity contribution in [2.24, 2.45) is 0 Å². The van der Waals surface area contributed by atoms with E-state index in [9.17, 15) is 19.5 Å². The molecule has 0 atom stereocenters. The summed E-state index contributed by atoms with van der Waals surface area (Å²) in [6, 6.07) is 10.7. The van der Waals surface area contributed by atoms with Gasteiger partial charge in [-0.25, -0.2) is 4.79 Å². The van der Waals surface area contributed by atoms with Gasteiger partial charge in [0, 0.05) is 0 Å². The predicted octanol–water partition coefficient (Wildman–Crippen LogP) is 2.62. The topological polar surface area (TPSA) is 105 Å². The lowest BCUT2D eigenvalue weighted by molar-refractivity contribution is -0.122. The molecule has 1 aliphatic rings. The Bertz CT molecular complexity index is 1080. The highest BCUT2D eigenvalue weighted by Gasteiger charge is 2.34. The van der Waals surface area contributed by atoms with Crippen molar-refractivity contribution in [1.82, 2.24) is 5.32 Å². The first-order valence-corrected chi connectivity index (χ1v) is 9.32. The van der Waals surface area contributed by atoms with Crippen LogP contribution in [-0.2, 0) is 9.59 Å². The van der Waals surface area contributed by atoms with E-state index >= 15 is 0 Å². The van der Waals surface area contributed by atoms with Crippen LogP contribution in [0.15, 0.2) is 48.0 Å². The summed E-state index contributed by atoms with van der Waals surface area (Å²) in [5.41, 5.74) is 0.609. The number of carbonyl (C=O) groups is 3. The van der Waals surface area contributed by atoms with Gasteiger partial charge >= 0.3 is 5.97 Å². The van der Waals surface area contributed by atoms with E-state index in [0.29, 0.717) is 23.7 Å². The molecular formula is C21H18N2O6S. The van der Waals surface area contributed by atoms with E-state index in [1.165, 1.54) is 37.5 Å². The summed E-state index contributed by atoms with van der Waals surface area (Å²) in [4.78, 5) is 37.8. The van der Waals surface area contributed by atoms with E-state index in [2.05, 4.69) is 5.32 Å². The van der Waals surface area contributed by atoms with Crippen molar-refractivity contribution in [3.8, 4) is 11.5 Å². The van der Waals surface area contributed by atoms with E-state index in [1.807, 2.05) is 6.92 Å². The highest BCUT2D eigenvalue weighted by molar-refractivity contribution is 7.80. The van der Waals surface area contributed by atoms with Crippen LogP contribution in [0.5, 0.6) is 11.5 Å². The zero-order valence-corrected chi connectivity index (χ0v) is 17.0. The first-order chi connectivity index (χ1) is 14.3. The fraction of sp³-hybridized carbons (Fsp3) is 0.143. The lowest BCUT2D eigenvalue weighted by Gasteiger charge is -2.29. The predicted molar refractivity (Wildman–Crippen MR) is 114 cm³/mol. The number of anilines is 1. The summed E-state index contributed by atoms with van der Waals surface area (Å²) in [6.45, 7) is 2.30. The second-order valence-electron chi connectivity index (χ2n) is 6.16. The SMILES string of the molecule is CCOc1ccc(C=C2C(=O)NC(=S)N(c3cccc(C(=O)O)c3)C2=O)cc1OC. The smallest absolute Gasteiger partial charge is 0.335 e. The Morgan fingerprint density at radius 1 is 1.20 bits per heavy atom. The fourth-order valence-corrected chi connectivity index (χ4v) is 3.17. The third-order valence-electron chi connectivity index (χ3n) is 4.25. The average Bonchev–Trinajstić information content (AvgIpc) is 2.72. The number of ether oxygens (including phenoxy) is 2. The molecule has 1 heterocycles. The first-order valence-electron chi connectivity index (χ1n) is 8.91. The summed E-state index contributed by atoms with van der Waals surface area (Å²) in [6.07, 6.45) is 1.41. The molecule has 154 valence electrons. The number of methoxy groups -OCH3 is 1. The van der Waals surface area contributed by atoms with Crippen LogP contribution in [0.2, 0.25) is 0 Å². The molecule has 9 heteroatoms. The third kappa shape index (κ3) is 4.15. The molecule has 0 saturated carbocycles. The molecule has 2 aromatic carbocycles. The molecule has 8 nitrogen and oxygen atoms in total. The molecule has 1 aliphatic heterocycles. The number of carbonyl (C=O) groups excluding carboxylic acids is 2. The molecule has 0 aliphatic carbocycles. The van der Waals surface area contributed by atoms with Crippen LogP contribution < -0.4 is 19.7 Å². The molecule has 2 aromatic rings. The second-order valence-corrected chi connectivity index (χ2v) is 6.54. The number of rotatable bonds is 6. The van der Waals surface area contributed by atoms with Crippen molar-refractivity contribution in [1.29, 1.82) is 0 Å². The van der Waals surface area contributed by atoms with Gasteiger partial charge < -0.3 is 14.6 Å². The number of carboxylic acids is 1. The van der Waals surface area contributed by atoms with Crippen molar-refractivity contribution in [3.63, 3.8) is 0 Å². The molecule has 1 fully saturated rings. The van der Waals surface area contributed by atoms with Crippen molar-refractivity contribution in [2.45, 2.75) is 6.92 Å². The van der Waals surface area contributed by atoms with Crippen LogP contribution >= 0.6 is 12.2 Å². The van der Waals surface area contributed by atoms with Gasteiger partial charge in [-0.2, -0.15) is 0 Å². The van der Waals surface area contributed by atoms with Crippen LogP contribution in [0.25, 0.3) is 6.08 Å². The summed E-state index contributed by atoms with van der Waals surface area (Å²) in [5, 5.41) is 11.5. The molecule has 1 saturated heterocycles. The number of aromatic carboxylic acids is 1. The van der Waals surface area contributed by atoms with E-state index in [-0.39, 0.29) is 21.9 Å². The van der Waals surface area contributed by atoms with E-state index in [4.69, 9.17) is 21.7 Å². The Balaban J connectivity index is 2.00. The Kier molecular flexibility index (Phi) is 6.12. The molecule has 2 N–H and O–H groups in total. The maximum Gasteiger partial charge on any atom is 0.335 e. The molecule has 2 amide bonds. The zero-order valence-electron chi connectivity index (χ0n) is 16.2. The molecular weight excluding hydrogens is 408 g/mol. The maximum atomic E-state index is 13.1. The van der Waals surface area contributed by atoms with E-state index < -0.39 is 17.8 Å². The molecule has 3 rings (SSSR count). The highest BCUT2D eigenvalue weighted by atomic mass is 32.1. The van der Waals surface area contributed by atoms with Crippen molar-refractivity contribution >= 4 is 46.9 Å². The zero-order chi connectivity index (χ0) is 21.8. The Morgan fingerprint density at radius 2 is 1.97 bits per heavy atom. The maximum absolute atomic E-state index is 13.1. The lowest BCUT2D eigenvalue weighted by Crippen LogP contribution is -2.54. The van der Waals surface area contributed by atoms with Crippen LogP contribution in [-0.4, -0.2) is 41.7 Å². The average molecular weight is 426 g/mol. The van der Waals surface area contributed by atoms with Gasteiger partial charge in [0.15, 0.2) is 16.6 Å². The lowest BCUT2D eigenvalue weighted by atomic mass is 10.1. The minimum Gasteiger partial charge on any atom is -0.493 e. The summed E-state index contributed by atoms with van der Waals surface area (Å²) in [7, 11) is 1.49. The molecule has 0 radical (unpaired) electrons. The molecule has 0 aromatic heterocycles. The summed E-state index contributed by atoms with van der Waals surface area (Å²) >= 11 is 5.14. The van der Waals surface area contributed by atoms with Crippen molar-refractivity contribution in [3.05, 3.63) is 59.2 Å². The first kappa shape index (κ1) is 21.0. The number of hydrogen-bond donors (Lipinski definition) is 2. The number of thiocarbonyl (C=S) groups is 1. The largest absolute Gasteiger partial charge is 0.493 e. The summed E-state index contributed by atoms with van der Waals surface area (Å²) in [5.74, 6) is -1.47. The van der Waals surface area contributed by atoms with E-state index in [1.54, 1.807) is 18.2 Å². The van der Waals surface area contributed by atoms with Crippen LogP contribution in [0, 0.1) is 0 Å². The molecule has 0 bridgehead atoms. The van der Waals surface area contributed by atoms with Crippen molar-refractivity contribution in [2.75, 3.05) is 18.6 Å². The van der Waals surface area contributed by atoms with Crippen LogP contribution in [0.1, 0.15) is 22.8 Å². The van der Waals surface area contributed by atoms with Gasteiger partial charge in [0.25, 0.3) is 11.8 Å². The molecule has 30 heavy (non-hydrogen) atoms. The standard InChI is InChI=1S/C21H18N2O6S/c1-3-29-16-8-7-12(10-17(16)28-2)9-15-18(24)22-21(30)23(19(15)25)14-6-4-5-13(11-14)20(26)27/h4-11H,3H2,1-2H3,(H,26,27)(H,22,24,30). The Labute approximate surface area is 177 Å². The fourth-order valence-electron chi connectivity index (χ4n) is 2.89. The highest BCUT2D eigenvalue weighted by Crippen LogP contribution is 2.30. The van der Waals surface area contributed by atoms with Gasteiger partial charge in [-0.05, 0) is 61.1 Å². The van der Waals surface area contributed by atoms with Gasteiger partial charge in [-0.1, -0.05) is 12.1 Å². The van der Waals surface area contributed by atoms with Gasteiger partial charge in [-0.3, -0.25) is 19.8 Å². The minimum atomic E-state index is -1.14. The number of amides is 2. The molecule has 0 unspecified atom stereocenters. The quantitative estimate of drug-likeness (QED) is 0.416. The van der Waals surface area contributed by atoms with Gasteiger partial charge in [0.1, 0.15) is 5.57 Å². The number of nitrogens with one attached hydrogen (secondary N) is 1. The number of benzene rings is 2. The number of carboxylic acid groups (broad SMARTS) is 1. The number of nitrogens with zero attached hydrogens (tertiary/aromatic N) is 1. The van der Waals surface area contributed by atoms with Gasteiger partial charge in [-0.15, -0.1) is 0 Å². The Hall–Kier alpha value is -3.72. The third-order valence-corrected chi connectivity index (χ3v) is 4.54. The van der Waals surface area contributed by atoms with Gasteiger partial charge in [0.2, 0.25) is 0 Å². The molecule has 0 spiro atoms. The van der Waals surface area contributed by atoms with Gasteiger partial charge in [0.05, 0.1) is 25.0 Å². The second kappa shape index (κ2) is 8.75. The monoisotopic (exact) mass is 426 g/mol. The van der Waals surface area contributed by atoms with Crippen LogP contribution in [0.3, 0.4) is 0 Å². The van der Waals surface area contributed by atoms with E-state index in [0.717, 1.165) is 4.90 Å². The number of hydrogen-bond acceptors (Lipinski definition) is 6. The van der Waals surface area contributed by atoms with Crippen molar-refractivity contribution < 1.29 is 29.0 Å². The normalized spacial score (nSPS) is 15.2. The summed E-state index contributed by atoms with van der Waals surface area (Å²) < 4.78 is 10.8. The van der Waals surface area contributed by atoms with Crippen LogP contribution in [0.4, 0.5) is 5.69 Å². The Morgan fingerprint density at radius 3 is 2.63 bits per heavy atom. The minimum absolute atomic E-state index is 0.0122.